The molecule has 0 bridgehead atoms. The normalized spacial score (nSPS) is 14.2. The molecule has 2 N–H and O–H groups in total. The third-order valence-corrected chi connectivity index (χ3v) is 3.08. The van der Waals surface area contributed by atoms with Crippen LogP contribution in [-0.4, -0.2) is 18.6 Å². The molecule has 2 atom stereocenters. The molecule has 2 amide bonds. The predicted octanol–water partition coefficient (Wildman–Crippen LogP) is 3.30. The summed E-state index contributed by atoms with van der Waals surface area (Å²) in [5.74, 6) is 0.627. The highest BCUT2D eigenvalue weighted by Gasteiger charge is 2.09. The lowest BCUT2D eigenvalue weighted by molar-refractivity contribution is 0.234. The summed E-state index contributed by atoms with van der Waals surface area (Å²) >= 11 is 0. The highest BCUT2D eigenvalue weighted by atomic mass is 16.2. The van der Waals surface area contributed by atoms with E-state index in [4.69, 9.17) is 0 Å². The van der Waals surface area contributed by atoms with Crippen LogP contribution in [0.15, 0.2) is 0 Å². The van der Waals surface area contributed by atoms with Gasteiger partial charge in [-0.25, -0.2) is 4.79 Å². The average molecular weight is 228 g/mol. The van der Waals surface area contributed by atoms with Crippen LogP contribution in [0.3, 0.4) is 0 Å². The van der Waals surface area contributed by atoms with Gasteiger partial charge in [-0.1, -0.05) is 40.0 Å². The Kier molecular flexibility index (Phi) is 9.06. The van der Waals surface area contributed by atoms with E-state index in [1.54, 1.807) is 0 Å². The largest absolute Gasteiger partial charge is 0.338 e. The van der Waals surface area contributed by atoms with Gasteiger partial charge >= 0.3 is 6.03 Å². The van der Waals surface area contributed by atoms with Gasteiger partial charge < -0.3 is 10.6 Å². The van der Waals surface area contributed by atoms with E-state index < -0.39 is 0 Å². The van der Waals surface area contributed by atoms with Crippen molar-refractivity contribution >= 4 is 6.03 Å². The first-order valence-electron chi connectivity index (χ1n) is 6.68. The van der Waals surface area contributed by atoms with Crippen LogP contribution in [0.2, 0.25) is 0 Å². The smallest absolute Gasteiger partial charge is 0.315 e. The number of unbranched alkanes of at least 4 members (excludes halogenated alkanes) is 1. The third kappa shape index (κ3) is 7.55. The molecule has 0 aromatic rings. The van der Waals surface area contributed by atoms with Crippen molar-refractivity contribution in [2.24, 2.45) is 5.92 Å². The fourth-order valence-electron chi connectivity index (χ4n) is 1.56. The molecule has 0 saturated carbocycles. The maximum atomic E-state index is 11.5. The fraction of sp³-hybridized carbons (Fsp3) is 0.923. The number of carbonyl (C=O) groups is 1. The Balaban J connectivity index is 3.70. The van der Waals surface area contributed by atoms with Gasteiger partial charge in [0.05, 0.1) is 0 Å². The minimum atomic E-state index is -0.0238. The number of hydrogen-bond acceptors (Lipinski definition) is 1. The molecule has 0 spiro atoms. The number of carbonyl (C=O) groups excluding carboxylic acids is 1. The zero-order valence-electron chi connectivity index (χ0n) is 11.3. The van der Waals surface area contributed by atoms with Crippen molar-refractivity contribution in [2.45, 2.75) is 65.8 Å². The van der Waals surface area contributed by atoms with Crippen molar-refractivity contribution < 1.29 is 4.79 Å². The lowest BCUT2D eigenvalue weighted by atomic mass is 9.99. The highest BCUT2D eigenvalue weighted by molar-refractivity contribution is 5.74. The number of hydrogen-bond donors (Lipinski definition) is 2. The van der Waals surface area contributed by atoms with Gasteiger partial charge in [0.2, 0.25) is 0 Å². The van der Waals surface area contributed by atoms with E-state index in [0.717, 1.165) is 19.4 Å². The summed E-state index contributed by atoms with van der Waals surface area (Å²) in [6.07, 6.45) is 5.82. The molecule has 0 radical (unpaired) electrons. The molecule has 0 aliphatic heterocycles. The quantitative estimate of drug-likeness (QED) is 0.657. The van der Waals surface area contributed by atoms with E-state index >= 15 is 0 Å². The van der Waals surface area contributed by atoms with Crippen LogP contribution in [0.5, 0.6) is 0 Å². The Morgan fingerprint density at radius 3 is 2.38 bits per heavy atom. The summed E-state index contributed by atoms with van der Waals surface area (Å²) in [5.41, 5.74) is 0. The lowest BCUT2D eigenvalue weighted by Crippen LogP contribution is -2.42. The minimum absolute atomic E-state index is 0.0238. The summed E-state index contributed by atoms with van der Waals surface area (Å²) in [6.45, 7) is 9.29. The summed E-state index contributed by atoms with van der Waals surface area (Å²) in [6, 6.07) is 0.236. The maximum Gasteiger partial charge on any atom is 0.315 e. The Hall–Kier alpha value is -0.730. The van der Waals surface area contributed by atoms with E-state index in [2.05, 4.69) is 31.4 Å². The van der Waals surface area contributed by atoms with Crippen LogP contribution in [0.4, 0.5) is 4.79 Å². The molecule has 0 heterocycles. The zero-order chi connectivity index (χ0) is 12.4. The molecule has 0 fully saturated rings. The standard InChI is InChI=1S/C13H28N2O/c1-5-8-9-12(7-3)10-14-13(16)15-11(4)6-2/h11-12H,5-10H2,1-4H3,(H2,14,15,16). The van der Waals surface area contributed by atoms with Crippen molar-refractivity contribution in [1.29, 1.82) is 0 Å². The van der Waals surface area contributed by atoms with Gasteiger partial charge in [-0.3, -0.25) is 0 Å². The van der Waals surface area contributed by atoms with E-state index in [1.165, 1.54) is 19.3 Å². The van der Waals surface area contributed by atoms with E-state index in [1.807, 2.05) is 6.92 Å². The van der Waals surface area contributed by atoms with E-state index in [0.29, 0.717) is 5.92 Å². The predicted molar refractivity (Wildman–Crippen MR) is 69.6 cm³/mol. The Labute approximate surface area is 100 Å². The minimum Gasteiger partial charge on any atom is -0.338 e. The topological polar surface area (TPSA) is 41.1 Å². The average Bonchev–Trinajstić information content (AvgIpc) is 2.29. The van der Waals surface area contributed by atoms with Crippen LogP contribution >= 0.6 is 0 Å². The van der Waals surface area contributed by atoms with Gasteiger partial charge in [-0.15, -0.1) is 0 Å². The molecule has 3 nitrogen and oxygen atoms in total. The second kappa shape index (κ2) is 9.49. The first kappa shape index (κ1) is 15.3. The third-order valence-electron chi connectivity index (χ3n) is 3.08. The van der Waals surface area contributed by atoms with E-state index in [-0.39, 0.29) is 12.1 Å². The molecule has 0 aromatic carbocycles. The van der Waals surface area contributed by atoms with Crippen molar-refractivity contribution in [2.75, 3.05) is 6.54 Å². The van der Waals surface area contributed by atoms with Crippen LogP contribution in [0, 0.1) is 5.92 Å². The number of urea groups is 1. The highest BCUT2D eigenvalue weighted by Crippen LogP contribution is 2.10. The summed E-state index contributed by atoms with van der Waals surface area (Å²) in [4.78, 5) is 11.5. The Morgan fingerprint density at radius 1 is 1.19 bits per heavy atom. The molecule has 0 aliphatic rings. The molecule has 0 rings (SSSR count). The van der Waals surface area contributed by atoms with Crippen LogP contribution in [0.25, 0.3) is 0 Å². The summed E-state index contributed by atoms with van der Waals surface area (Å²) in [5, 5.41) is 5.87. The Bertz CT molecular complexity index is 183. The molecule has 3 heteroatoms. The van der Waals surface area contributed by atoms with Gasteiger partial charge in [0.15, 0.2) is 0 Å². The molecule has 2 unspecified atom stereocenters. The fourth-order valence-corrected chi connectivity index (χ4v) is 1.56. The SMILES string of the molecule is CCCCC(CC)CNC(=O)NC(C)CC. The van der Waals surface area contributed by atoms with Gasteiger partial charge in [0.25, 0.3) is 0 Å². The first-order valence-corrected chi connectivity index (χ1v) is 6.68. The monoisotopic (exact) mass is 228 g/mol. The van der Waals surface area contributed by atoms with Gasteiger partial charge in [0, 0.05) is 12.6 Å². The van der Waals surface area contributed by atoms with Crippen LogP contribution in [-0.2, 0) is 0 Å². The second-order valence-corrected chi connectivity index (χ2v) is 4.58. The number of rotatable bonds is 8. The maximum absolute atomic E-state index is 11.5. The summed E-state index contributed by atoms with van der Waals surface area (Å²) in [7, 11) is 0. The molecule has 16 heavy (non-hydrogen) atoms. The zero-order valence-corrected chi connectivity index (χ0v) is 11.3. The van der Waals surface area contributed by atoms with E-state index in [9.17, 15) is 4.79 Å². The van der Waals surface area contributed by atoms with Crippen molar-refractivity contribution in [3.8, 4) is 0 Å². The first-order chi connectivity index (χ1) is 7.63. The molecular weight excluding hydrogens is 200 g/mol. The van der Waals surface area contributed by atoms with Gasteiger partial charge in [0.1, 0.15) is 0 Å². The number of amides is 2. The molecular formula is C13H28N2O. The van der Waals surface area contributed by atoms with Crippen molar-refractivity contribution in [3.63, 3.8) is 0 Å². The molecule has 0 aliphatic carbocycles. The number of nitrogens with one attached hydrogen (secondary N) is 2. The van der Waals surface area contributed by atoms with Gasteiger partial charge in [-0.05, 0) is 25.7 Å². The lowest BCUT2D eigenvalue weighted by Gasteiger charge is -2.17. The van der Waals surface area contributed by atoms with Gasteiger partial charge in [-0.2, -0.15) is 0 Å². The Morgan fingerprint density at radius 2 is 1.88 bits per heavy atom. The second-order valence-electron chi connectivity index (χ2n) is 4.58. The van der Waals surface area contributed by atoms with Crippen LogP contribution < -0.4 is 10.6 Å². The van der Waals surface area contributed by atoms with Crippen molar-refractivity contribution in [3.05, 3.63) is 0 Å². The van der Waals surface area contributed by atoms with Crippen LogP contribution in [0.1, 0.15) is 59.8 Å². The molecule has 96 valence electrons. The summed E-state index contributed by atoms with van der Waals surface area (Å²) < 4.78 is 0. The van der Waals surface area contributed by atoms with Crippen molar-refractivity contribution in [1.82, 2.24) is 10.6 Å². The molecule has 0 saturated heterocycles. The molecule has 0 aromatic heterocycles.